The van der Waals surface area contributed by atoms with Crippen LogP contribution in [0.15, 0.2) is 54.6 Å². The zero-order valence-electron chi connectivity index (χ0n) is 17.2. The van der Waals surface area contributed by atoms with Gasteiger partial charge in [0.15, 0.2) is 0 Å². The molecule has 3 aromatic carbocycles. The average Bonchev–Trinajstić information content (AvgIpc) is 2.73. The molecule has 0 saturated heterocycles. The van der Waals surface area contributed by atoms with Crippen molar-refractivity contribution < 1.29 is 4.39 Å². The molecule has 1 aliphatic carbocycles. The molecule has 0 spiro atoms. The predicted molar refractivity (Wildman–Crippen MR) is 118 cm³/mol. The molecule has 4 rings (SSSR count). The SMILES string of the molecule is CCCC[C@H]1CC[C@H](c2ccc3c(F)c(-c4ccc(C)cc4)ccc3c2)CC1. The van der Waals surface area contributed by atoms with Gasteiger partial charge >= 0.3 is 0 Å². The highest BCUT2D eigenvalue weighted by Gasteiger charge is 2.22. The number of fused-ring (bicyclic) bond motifs is 1. The van der Waals surface area contributed by atoms with E-state index in [2.05, 4.69) is 32.0 Å². The van der Waals surface area contributed by atoms with Gasteiger partial charge in [-0.25, -0.2) is 4.39 Å². The molecule has 1 heteroatoms. The molecule has 1 aliphatic rings. The molecular weight excluding hydrogens is 343 g/mol. The maximum atomic E-state index is 15.2. The van der Waals surface area contributed by atoms with E-state index in [4.69, 9.17) is 0 Å². The molecule has 0 amide bonds. The smallest absolute Gasteiger partial charge is 0.138 e. The summed E-state index contributed by atoms with van der Waals surface area (Å²) < 4.78 is 15.2. The Morgan fingerprint density at radius 3 is 2.36 bits per heavy atom. The first-order valence-corrected chi connectivity index (χ1v) is 10.9. The quantitative estimate of drug-likeness (QED) is 0.420. The third-order valence-electron chi connectivity index (χ3n) is 6.62. The fraction of sp³-hybridized carbons (Fsp3) is 0.407. The summed E-state index contributed by atoms with van der Waals surface area (Å²) in [7, 11) is 0. The summed E-state index contributed by atoms with van der Waals surface area (Å²) in [6, 6.07) is 18.5. The molecule has 1 saturated carbocycles. The minimum Gasteiger partial charge on any atom is -0.206 e. The van der Waals surface area contributed by atoms with Gasteiger partial charge in [-0.3, -0.25) is 0 Å². The number of hydrogen-bond donors (Lipinski definition) is 0. The number of hydrogen-bond acceptors (Lipinski definition) is 0. The van der Waals surface area contributed by atoms with Crippen LogP contribution in [0.25, 0.3) is 21.9 Å². The maximum Gasteiger partial charge on any atom is 0.138 e. The van der Waals surface area contributed by atoms with E-state index < -0.39 is 0 Å². The van der Waals surface area contributed by atoms with Crippen LogP contribution in [0.2, 0.25) is 0 Å². The highest BCUT2D eigenvalue weighted by atomic mass is 19.1. The molecule has 146 valence electrons. The standard InChI is InChI=1S/C27H31F/c1-3-4-5-20-8-12-21(13-9-20)23-14-16-26-24(18-23)15-17-25(27(26)28)22-10-6-19(2)7-11-22/h6-7,10-11,14-18,20-21H,3-5,8-9,12-13H2,1-2H3/t20-,21-. The van der Waals surface area contributed by atoms with Gasteiger partial charge in [0.1, 0.15) is 5.82 Å². The molecule has 0 heterocycles. The zero-order valence-corrected chi connectivity index (χ0v) is 17.2. The molecule has 0 aromatic heterocycles. The Morgan fingerprint density at radius 2 is 1.64 bits per heavy atom. The second-order valence-corrected chi connectivity index (χ2v) is 8.63. The van der Waals surface area contributed by atoms with Gasteiger partial charge < -0.3 is 0 Å². The fourth-order valence-electron chi connectivity index (χ4n) is 4.80. The van der Waals surface area contributed by atoms with Crippen LogP contribution in [-0.4, -0.2) is 0 Å². The maximum absolute atomic E-state index is 15.2. The van der Waals surface area contributed by atoms with Crippen molar-refractivity contribution in [3.05, 3.63) is 71.5 Å². The largest absolute Gasteiger partial charge is 0.206 e. The summed E-state index contributed by atoms with van der Waals surface area (Å²) in [5.41, 5.74) is 4.22. The van der Waals surface area contributed by atoms with Gasteiger partial charge in [0.2, 0.25) is 0 Å². The Kier molecular flexibility index (Phi) is 5.80. The summed E-state index contributed by atoms with van der Waals surface area (Å²) in [5.74, 6) is 1.46. The van der Waals surface area contributed by atoms with Gasteiger partial charge in [-0.05, 0) is 61.0 Å². The second-order valence-electron chi connectivity index (χ2n) is 8.63. The summed E-state index contributed by atoms with van der Waals surface area (Å²) in [4.78, 5) is 0. The molecule has 28 heavy (non-hydrogen) atoms. The molecule has 0 N–H and O–H groups in total. The average molecular weight is 375 g/mol. The molecule has 3 aromatic rings. The Bertz CT molecular complexity index is 930. The first kappa shape index (κ1) is 19.2. The third kappa shape index (κ3) is 3.99. The van der Waals surface area contributed by atoms with Gasteiger partial charge in [-0.15, -0.1) is 0 Å². The Hall–Kier alpha value is -2.15. The monoisotopic (exact) mass is 374 g/mol. The summed E-state index contributed by atoms with van der Waals surface area (Å²) in [5, 5.41) is 1.76. The first-order valence-electron chi connectivity index (χ1n) is 10.9. The van der Waals surface area contributed by atoms with Crippen molar-refractivity contribution in [2.24, 2.45) is 5.92 Å². The van der Waals surface area contributed by atoms with E-state index in [1.165, 1.54) is 56.1 Å². The number of unbranched alkanes of at least 4 members (excludes halogenated alkanes) is 1. The lowest BCUT2D eigenvalue weighted by molar-refractivity contribution is 0.304. The van der Waals surface area contributed by atoms with Gasteiger partial charge in [-0.2, -0.15) is 0 Å². The minimum absolute atomic E-state index is 0.101. The van der Waals surface area contributed by atoms with E-state index >= 15 is 4.39 Å². The molecule has 0 unspecified atom stereocenters. The summed E-state index contributed by atoms with van der Waals surface area (Å²) in [6.07, 6.45) is 9.34. The van der Waals surface area contributed by atoms with E-state index in [-0.39, 0.29) is 5.82 Å². The number of benzene rings is 3. The van der Waals surface area contributed by atoms with E-state index in [0.717, 1.165) is 22.3 Å². The van der Waals surface area contributed by atoms with Gasteiger partial charge in [0.25, 0.3) is 0 Å². The van der Waals surface area contributed by atoms with Crippen LogP contribution in [0.3, 0.4) is 0 Å². The van der Waals surface area contributed by atoms with E-state index in [1.54, 1.807) is 0 Å². The van der Waals surface area contributed by atoms with Gasteiger partial charge in [-0.1, -0.05) is 86.3 Å². The summed E-state index contributed by atoms with van der Waals surface area (Å²) >= 11 is 0. The predicted octanol–water partition coefficient (Wildman–Crippen LogP) is 8.42. The normalized spacial score (nSPS) is 19.8. The van der Waals surface area contributed by atoms with Gasteiger partial charge in [0.05, 0.1) is 0 Å². The van der Waals surface area contributed by atoms with E-state index in [1.807, 2.05) is 36.4 Å². The van der Waals surface area contributed by atoms with Crippen molar-refractivity contribution in [1.29, 1.82) is 0 Å². The number of aryl methyl sites for hydroxylation is 1. The highest BCUT2D eigenvalue weighted by Crippen LogP contribution is 2.39. The van der Waals surface area contributed by atoms with Crippen LogP contribution in [0.4, 0.5) is 4.39 Å². The lowest BCUT2D eigenvalue weighted by Gasteiger charge is -2.29. The third-order valence-corrected chi connectivity index (χ3v) is 6.62. The van der Waals surface area contributed by atoms with E-state index in [0.29, 0.717) is 11.5 Å². The molecule has 0 bridgehead atoms. The molecule has 0 aliphatic heterocycles. The van der Waals surface area contributed by atoms with Crippen LogP contribution >= 0.6 is 0 Å². The molecular formula is C27H31F. The van der Waals surface area contributed by atoms with Crippen molar-refractivity contribution in [2.75, 3.05) is 0 Å². The van der Waals surface area contributed by atoms with Crippen molar-refractivity contribution in [2.45, 2.75) is 64.7 Å². The highest BCUT2D eigenvalue weighted by molar-refractivity contribution is 5.89. The Labute approximate surface area is 168 Å². The van der Waals surface area contributed by atoms with Crippen LogP contribution in [0.5, 0.6) is 0 Å². The zero-order chi connectivity index (χ0) is 19.5. The lowest BCUT2D eigenvalue weighted by Crippen LogP contribution is -2.13. The Morgan fingerprint density at radius 1 is 0.893 bits per heavy atom. The number of rotatable bonds is 5. The van der Waals surface area contributed by atoms with Gasteiger partial charge in [0, 0.05) is 10.9 Å². The van der Waals surface area contributed by atoms with Crippen molar-refractivity contribution in [3.63, 3.8) is 0 Å². The summed E-state index contributed by atoms with van der Waals surface area (Å²) in [6.45, 7) is 4.34. The first-order chi connectivity index (χ1) is 13.7. The molecule has 0 nitrogen and oxygen atoms in total. The van der Waals surface area contributed by atoms with Crippen molar-refractivity contribution >= 4 is 10.8 Å². The van der Waals surface area contributed by atoms with Crippen molar-refractivity contribution in [1.82, 2.24) is 0 Å². The Balaban J connectivity index is 1.55. The topological polar surface area (TPSA) is 0 Å². The van der Waals surface area contributed by atoms with Crippen LogP contribution < -0.4 is 0 Å². The molecule has 0 atom stereocenters. The second kappa shape index (κ2) is 8.47. The van der Waals surface area contributed by atoms with E-state index in [9.17, 15) is 0 Å². The minimum atomic E-state index is -0.101. The molecule has 0 radical (unpaired) electrons. The van der Waals surface area contributed by atoms with Crippen LogP contribution in [0.1, 0.15) is 68.9 Å². The molecule has 1 fully saturated rings. The lowest BCUT2D eigenvalue weighted by atomic mass is 9.77. The fourth-order valence-corrected chi connectivity index (χ4v) is 4.80. The van der Waals surface area contributed by atoms with Crippen LogP contribution in [-0.2, 0) is 0 Å². The van der Waals surface area contributed by atoms with Crippen LogP contribution in [0, 0.1) is 18.7 Å². The van der Waals surface area contributed by atoms with Crippen molar-refractivity contribution in [3.8, 4) is 11.1 Å². The number of halogens is 1.